The zero-order valence-corrected chi connectivity index (χ0v) is 8.53. The molecule has 5 nitrogen and oxygen atoms in total. The van der Waals surface area contributed by atoms with Gasteiger partial charge in [0.15, 0.2) is 0 Å². The van der Waals surface area contributed by atoms with E-state index in [4.69, 9.17) is 5.73 Å². The first-order valence-electron chi connectivity index (χ1n) is 4.64. The highest BCUT2D eigenvalue weighted by molar-refractivity contribution is 5.91. The predicted octanol–water partition coefficient (Wildman–Crippen LogP) is 0.436. The van der Waals surface area contributed by atoms with Crippen LogP contribution < -0.4 is 11.1 Å². The zero-order valence-electron chi connectivity index (χ0n) is 8.53. The Morgan fingerprint density at radius 3 is 3.00 bits per heavy atom. The van der Waals surface area contributed by atoms with Crippen LogP contribution in [-0.2, 0) is 11.3 Å². The van der Waals surface area contributed by atoms with Gasteiger partial charge < -0.3 is 11.1 Å². The van der Waals surface area contributed by atoms with Crippen molar-refractivity contribution in [1.29, 1.82) is 0 Å². The van der Waals surface area contributed by atoms with Gasteiger partial charge in [-0.2, -0.15) is 5.10 Å². The van der Waals surface area contributed by atoms with Gasteiger partial charge in [0.2, 0.25) is 5.91 Å². The summed E-state index contributed by atoms with van der Waals surface area (Å²) < 4.78 is 1.80. The quantitative estimate of drug-likeness (QED) is 0.733. The third-order valence-electron chi connectivity index (χ3n) is 1.65. The van der Waals surface area contributed by atoms with Crippen LogP contribution in [0.5, 0.6) is 0 Å². The van der Waals surface area contributed by atoms with Crippen LogP contribution in [-0.4, -0.2) is 22.2 Å². The molecule has 0 aliphatic rings. The molecule has 14 heavy (non-hydrogen) atoms. The number of nitrogens with two attached hydrogens (primary N) is 1. The highest BCUT2D eigenvalue weighted by Gasteiger charge is 2.03. The standard InChI is InChI=1S/C9H16N4O/c1-7(2)5-13-6-8(4-11-13)12-9(14)3-10/h4,6-7H,3,5,10H2,1-2H3,(H,12,14). The van der Waals surface area contributed by atoms with Crippen LogP contribution in [0.3, 0.4) is 0 Å². The lowest BCUT2D eigenvalue weighted by atomic mass is 10.2. The second-order valence-electron chi connectivity index (χ2n) is 3.60. The Kier molecular flexibility index (Phi) is 3.64. The lowest BCUT2D eigenvalue weighted by Gasteiger charge is -2.03. The summed E-state index contributed by atoms with van der Waals surface area (Å²) in [4.78, 5) is 10.9. The number of nitrogens with one attached hydrogen (secondary N) is 1. The van der Waals surface area contributed by atoms with Gasteiger partial charge in [0, 0.05) is 12.7 Å². The summed E-state index contributed by atoms with van der Waals surface area (Å²) in [5.41, 5.74) is 5.86. The average molecular weight is 196 g/mol. The van der Waals surface area contributed by atoms with E-state index < -0.39 is 0 Å². The van der Waals surface area contributed by atoms with Crippen LogP contribution >= 0.6 is 0 Å². The second-order valence-corrected chi connectivity index (χ2v) is 3.60. The largest absolute Gasteiger partial charge is 0.322 e. The van der Waals surface area contributed by atoms with E-state index >= 15 is 0 Å². The van der Waals surface area contributed by atoms with Gasteiger partial charge in [-0.05, 0) is 5.92 Å². The highest BCUT2D eigenvalue weighted by Crippen LogP contribution is 2.06. The topological polar surface area (TPSA) is 72.9 Å². The Morgan fingerprint density at radius 2 is 2.43 bits per heavy atom. The Morgan fingerprint density at radius 1 is 1.71 bits per heavy atom. The highest BCUT2D eigenvalue weighted by atomic mass is 16.1. The van der Waals surface area contributed by atoms with Crippen molar-refractivity contribution in [2.24, 2.45) is 11.7 Å². The molecular formula is C9H16N4O. The van der Waals surface area contributed by atoms with Crippen molar-refractivity contribution in [3.05, 3.63) is 12.4 Å². The predicted molar refractivity (Wildman–Crippen MR) is 54.7 cm³/mol. The van der Waals surface area contributed by atoms with Crippen molar-refractivity contribution in [3.8, 4) is 0 Å². The van der Waals surface area contributed by atoms with E-state index in [0.29, 0.717) is 11.6 Å². The van der Waals surface area contributed by atoms with E-state index in [1.54, 1.807) is 17.1 Å². The molecule has 1 rings (SSSR count). The maximum Gasteiger partial charge on any atom is 0.238 e. The maximum atomic E-state index is 10.9. The third kappa shape index (κ3) is 3.18. The molecule has 1 aromatic rings. The molecule has 0 fully saturated rings. The molecule has 3 N–H and O–H groups in total. The first-order chi connectivity index (χ1) is 6.61. The van der Waals surface area contributed by atoms with Crippen LogP contribution in [0.15, 0.2) is 12.4 Å². The number of aromatic nitrogens is 2. The lowest BCUT2D eigenvalue weighted by Crippen LogP contribution is -2.21. The summed E-state index contributed by atoms with van der Waals surface area (Å²) in [5.74, 6) is 0.335. The molecule has 1 amide bonds. The first kappa shape index (κ1) is 10.7. The SMILES string of the molecule is CC(C)Cn1cc(NC(=O)CN)cn1. The van der Waals surface area contributed by atoms with Gasteiger partial charge in [0.25, 0.3) is 0 Å². The van der Waals surface area contributed by atoms with Gasteiger partial charge in [-0.1, -0.05) is 13.8 Å². The van der Waals surface area contributed by atoms with Gasteiger partial charge in [0.1, 0.15) is 0 Å². The summed E-state index contributed by atoms with van der Waals surface area (Å²) >= 11 is 0. The normalized spacial score (nSPS) is 10.6. The van der Waals surface area contributed by atoms with Crippen molar-refractivity contribution in [3.63, 3.8) is 0 Å². The van der Waals surface area contributed by atoms with E-state index in [1.807, 2.05) is 0 Å². The zero-order chi connectivity index (χ0) is 10.6. The average Bonchev–Trinajstić information content (AvgIpc) is 2.51. The van der Waals surface area contributed by atoms with Crippen LogP contribution in [0.1, 0.15) is 13.8 Å². The maximum absolute atomic E-state index is 10.9. The van der Waals surface area contributed by atoms with Crippen molar-refractivity contribution in [2.75, 3.05) is 11.9 Å². The summed E-state index contributed by atoms with van der Waals surface area (Å²) in [6.07, 6.45) is 3.42. The van der Waals surface area contributed by atoms with Gasteiger partial charge in [-0.25, -0.2) is 0 Å². The summed E-state index contributed by atoms with van der Waals surface area (Å²) in [6.45, 7) is 5.06. The minimum atomic E-state index is -0.200. The van der Waals surface area contributed by atoms with Crippen LogP contribution in [0.2, 0.25) is 0 Å². The van der Waals surface area contributed by atoms with Crippen LogP contribution in [0, 0.1) is 5.92 Å². The molecule has 0 spiro atoms. The molecule has 0 radical (unpaired) electrons. The van der Waals surface area contributed by atoms with Crippen molar-refractivity contribution >= 4 is 11.6 Å². The van der Waals surface area contributed by atoms with E-state index in [2.05, 4.69) is 24.3 Å². The molecule has 78 valence electrons. The van der Waals surface area contributed by atoms with E-state index in [1.165, 1.54) is 0 Å². The molecule has 0 saturated carbocycles. The molecule has 1 aromatic heterocycles. The van der Waals surface area contributed by atoms with Gasteiger partial charge >= 0.3 is 0 Å². The number of amides is 1. The summed E-state index contributed by atoms with van der Waals surface area (Å²) in [6, 6.07) is 0. The number of hydrogen-bond donors (Lipinski definition) is 2. The van der Waals surface area contributed by atoms with Gasteiger partial charge in [-0.15, -0.1) is 0 Å². The molecule has 0 aliphatic heterocycles. The van der Waals surface area contributed by atoms with Crippen molar-refractivity contribution in [2.45, 2.75) is 20.4 Å². The molecule has 0 aliphatic carbocycles. The third-order valence-corrected chi connectivity index (χ3v) is 1.65. The number of anilines is 1. The lowest BCUT2D eigenvalue weighted by molar-refractivity contribution is -0.114. The monoisotopic (exact) mass is 196 g/mol. The number of carbonyl (C=O) groups is 1. The summed E-state index contributed by atoms with van der Waals surface area (Å²) in [7, 11) is 0. The number of hydrogen-bond acceptors (Lipinski definition) is 3. The van der Waals surface area contributed by atoms with Gasteiger partial charge in [-0.3, -0.25) is 9.48 Å². The molecule has 1 heterocycles. The second kappa shape index (κ2) is 4.76. The minimum Gasteiger partial charge on any atom is -0.322 e. The molecule has 5 heteroatoms. The molecule has 0 atom stereocenters. The number of rotatable bonds is 4. The Hall–Kier alpha value is -1.36. The smallest absolute Gasteiger partial charge is 0.238 e. The van der Waals surface area contributed by atoms with Crippen LogP contribution in [0.4, 0.5) is 5.69 Å². The molecule has 0 aromatic carbocycles. The number of carbonyl (C=O) groups excluding carboxylic acids is 1. The Bertz CT molecular complexity index is 306. The number of nitrogens with zero attached hydrogens (tertiary/aromatic N) is 2. The first-order valence-corrected chi connectivity index (χ1v) is 4.64. The molecule has 0 saturated heterocycles. The Labute approximate surface area is 83.3 Å². The summed E-state index contributed by atoms with van der Waals surface area (Å²) in [5, 5.41) is 6.74. The molecular weight excluding hydrogens is 180 g/mol. The minimum absolute atomic E-state index is 0.00460. The van der Waals surface area contributed by atoms with Crippen molar-refractivity contribution < 1.29 is 4.79 Å². The van der Waals surface area contributed by atoms with E-state index in [-0.39, 0.29) is 12.5 Å². The van der Waals surface area contributed by atoms with E-state index in [0.717, 1.165) is 6.54 Å². The molecule has 0 bridgehead atoms. The fourth-order valence-corrected chi connectivity index (χ4v) is 1.11. The Balaban J connectivity index is 2.55. The van der Waals surface area contributed by atoms with Crippen LogP contribution in [0.25, 0.3) is 0 Å². The van der Waals surface area contributed by atoms with Gasteiger partial charge in [0.05, 0.1) is 18.4 Å². The fraction of sp³-hybridized carbons (Fsp3) is 0.556. The fourth-order valence-electron chi connectivity index (χ4n) is 1.11. The van der Waals surface area contributed by atoms with Crippen molar-refractivity contribution in [1.82, 2.24) is 9.78 Å². The molecule has 0 unspecified atom stereocenters. The van der Waals surface area contributed by atoms with E-state index in [9.17, 15) is 4.79 Å².